The summed E-state index contributed by atoms with van der Waals surface area (Å²) in [5, 5.41) is 8.67. The van der Waals surface area contributed by atoms with Crippen LogP contribution in [0.3, 0.4) is 0 Å². The summed E-state index contributed by atoms with van der Waals surface area (Å²) in [6.45, 7) is 0. The summed E-state index contributed by atoms with van der Waals surface area (Å²) in [6, 6.07) is 5.83. The monoisotopic (exact) mass is 270 g/mol. The summed E-state index contributed by atoms with van der Waals surface area (Å²) >= 11 is 4.88. The summed E-state index contributed by atoms with van der Waals surface area (Å²) in [7, 11) is 1.65. The molecular formula is C9H7BrN2OS. The number of nitrogens with zero attached hydrogens (tertiary/aromatic N) is 2. The van der Waals surface area contributed by atoms with Crippen molar-refractivity contribution in [2.24, 2.45) is 0 Å². The van der Waals surface area contributed by atoms with Crippen LogP contribution in [-0.4, -0.2) is 17.3 Å². The van der Waals surface area contributed by atoms with Gasteiger partial charge in [0.2, 0.25) is 0 Å². The van der Waals surface area contributed by atoms with E-state index in [1.165, 1.54) is 11.3 Å². The number of hydrogen-bond acceptors (Lipinski definition) is 4. The fourth-order valence-electron chi connectivity index (χ4n) is 1.13. The first-order chi connectivity index (χ1) is 6.81. The molecule has 72 valence electrons. The molecule has 0 spiro atoms. The Hall–Kier alpha value is -0.940. The number of benzene rings is 1. The Morgan fingerprint density at radius 3 is 2.93 bits per heavy atom. The van der Waals surface area contributed by atoms with E-state index in [9.17, 15) is 0 Å². The van der Waals surface area contributed by atoms with Crippen molar-refractivity contribution >= 4 is 27.3 Å². The minimum absolute atomic E-state index is 0.802. The van der Waals surface area contributed by atoms with Crippen LogP contribution < -0.4 is 4.74 Å². The highest BCUT2D eigenvalue weighted by molar-refractivity contribution is 9.10. The Morgan fingerprint density at radius 1 is 1.43 bits per heavy atom. The van der Waals surface area contributed by atoms with Crippen LogP contribution in [0.1, 0.15) is 0 Å². The van der Waals surface area contributed by atoms with Gasteiger partial charge in [-0.15, -0.1) is 10.2 Å². The summed E-state index contributed by atoms with van der Waals surface area (Å²) in [5.41, 5.74) is 2.68. The van der Waals surface area contributed by atoms with Crippen molar-refractivity contribution in [3.8, 4) is 16.3 Å². The van der Waals surface area contributed by atoms with Gasteiger partial charge in [-0.25, -0.2) is 0 Å². The molecule has 0 amide bonds. The third-order valence-electron chi connectivity index (χ3n) is 1.75. The molecule has 0 fully saturated rings. The van der Waals surface area contributed by atoms with E-state index in [2.05, 4.69) is 26.1 Å². The first-order valence-corrected chi connectivity index (χ1v) is 5.58. The molecule has 0 unspecified atom stereocenters. The second-order valence-corrected chi connectivity index (χ2v) is 4.34. The Bertz CT molecular complexity index is 430. The summed E-state index contributed by atoms with van der Waals surface area (Å²) in [4.78, 5) is 0. The molecule has 1 aromatic carbocycles. The zero-order chi connectivity index (χ0) is 9.97. The Morgan fingerprint density at radius 2 is 2.29 bits per heavy atom. The van der Waals surface area contributed by atoms with Gasteiger partial charge in [0.15, 0.2) is 5.01 Å². The first kappa shape index (κ1) is 9.61. The zero-order valence-corrected chi connectivity index (χ0v) is 9.80. The number of hydrogen-bond donors (Lipinski definition) is 0. The number of rotatable bonds is 2. The smallest absolute Gasteiger partial charge is 0.151 e. The molecular weight excluding hydrogens is 264 g/mol. The van der Waals surface area contributed by atoms with Crippen LogP contribution in [-0.2, 0) is 0 Å². The van der Waals surface area contributed by atoms with Crippen LogP contribution in [0.4, 0.5) is 0 Å². The normalized spacial score (nSPS) is 10.1. The van der Waals surface area contributed by atoms with Crippen molar-refractivity contribution in [1.29, 1.82) is 0 Å². The van der Waals surface area contributed by atoms with E-state index in [0.717, 1.165) is 20.8 Å². The molecule has 0 saturated carbocycles. The van der Waals surface area contributed by atoms with Gasteiger partial charge in [0, 0.05) is 4.47 Å². The highest BCUT2D eigenvalue weighted by Gasteiger charge is 2.08. The topological polar surface area (TPSA) is 35.0 Å². The van der Waals surface area contributed by atoms with Crippen LogP contribution in [0, 0.1) is 0 Å². The summed E-state index contributed by atoms with van der Waals surface area (Å²) in [5.74, 6) is 0.802. The molecule has 3 nitrogen and oxygen atoms in total. The Labute approximate surface area is 93.9 Å². The van der Waals surface area contributed by atoms with Gasteiger partial charge in [0.1, 0.15) is 11.3 Å². The van der Waals surface area contributed by atoms with Crippen LogP contribution in [0.5, 0.6) is 5.75 Å². The van der Waals surface area contributed by atoms with E-state index in [0.29, 0.717) is 0 Å². The van der Waals surface area contributed by atoms with Crippen molar-refractivity contribution in [3.05, 3.63) is 28.2 Å². The van der Waals surface area contributed by atoms with Crippen molar-refractivity contribution in [2.45, 2.75) is 0 Å². The van der Waals surface area contributed by atoms with E-state index in [1.54, 1.807) is 12.6 Å². The third-order valence-corrected chi connectivity index (χ3v) is 2.97. The minimum Gasteiger partial charge on any atom is -0.496 e. The molecule has 0 aliphatic carbocycles. The number of aromatic nitrogens is 2. The predicted octanol–water partition coefficient (Wildman–Crippen LogP) is 2.98. The number of halogens is 1. The lowest BCUT2D eigenvalue weighted by atomic mass is 10.2. The number of ether oxygens (including phenoxy) is 1. The average Bonchev–Trinajstić information content (AvgIpc) is 2.70. The molecule has 1 heterocycles. The van der Waals surface area contributed by atoms with Gasteiger partial charge < -0.3 is 4.74 Å². The maximum absolute atomic E-state index is 5.26. The molecule has 0 saturated heterocycles. The predicted molar refractivity (Wildman–Crippen MR) is 59.6 cm³/mol. The molecule has 14 heavy (non-hydrogen) atoms. The fraction of sp³-hybridized carbons (Fsp3) is 0.111. The van der Waals surface area contributed by atoms with Crippen LogP contribution in [0.15, 0.2) is 28.2 Å². The molecule has 0 radical (unpaired) electrons. The minimum atomic E-state index is 0.802. The molecule has 0 aliphatic heterocycles. The molecule has 0 bridgehead atoms. The van der Waals surface area contributed by atoms with Crippen molar-refractivity contribution in [1.82, 2.24) is 10.2 Å². The van der Waals surface area contributed by atoms with Gasteiger partial charge in [-0.05, 0) is 18.2 Å². The van der Waals surface area contributed by atoms with Gasteiger partial charge >= 0.3 is 0 Å². The Kier molecular flexibility index (Phi) is 2.79. The molecule has 0 N–H and O–H groups in total. The van der Waals surface area contributed by atoms with Crippen molar-refractivity contribution < 1.29 is 4.74 Å². The largest absolute Gasteiger partial charge is 0.496 e. The SMILES string of the molecule is COc1cc(Br)ccc1-c1nncs1. The van der Waals surface area contributed by atoms with Gasteiger partial charge in [0.25, 0.3) is 0 Å². The lowest BCUT2D eigenvalue weighted by Gasteiger charge is -2.05. The lowest BCUT2D eigenvalue weighted by molar-refractivity contribution is 0.416. The highest BCUT2D eigenvalue weighted by Crippen LogP contribution is 2.32. The average molecular weight is 271 g/mol. The Balaban J connectivity index is 2.53. The molecule has 0 atom stereocenters. The molecule has 2 aromatic rings. The lowest BCUT2D eigenvalue weighted by Crippen LogP contribution is -1.87. The quantitative estimate of drug-likeness (QED) is 0.842. The van der Waals surface area contributed by atoms with Gasteiger partial charge in [-0.3, -0.25) is 0 Å². The summed E-state index contributed by atoms with van der Waals surface area (Å²) < 4.78 is 6.25. The summed E-state index contributed by atoms with van der Waals surface area (Å²) in [6.07, 6.45) is 0. The van der Waals surface area contributed by atoms with Crippen molar-refractivity contribution in [2.75, 3.05) is 7.11 Å². The van der Waals surface area contributed by atoms with Crippen LogP contribution in [0.25, 0.3) is 10.6 Å². The van der Waals surface area contributed by atoms with Crippen LogP contribution >= 0.6 is 27.3 Å². The third kappa shape index (κ3) is 1.78. The van der Waals surface area contributed by atoms with E-state index < -0.39 is 0 Å². The van der Waals surface area contributed by atoms with Gasteiger partial charge in [-0.2, -0.15) is 0 Å². The highest BCUT2D eigenvalue weighted by atomic mass is 79.9. The number of methoxy groups -OCH3 is 1. The van der Waals surface area contributed by atoms with E-state index in [-0.39, 0.29) is 0 Å². The maximum Gasteiger partial charge on any atom is 0.151 e. The fourth-order valence-corrected chi connectivity index (χ4v) is 2.06. The second kappa shape index (κ2) is 4.06. The molecule has 0 aliphatic rings. The maximum atomic E-state index is 5.26. The molecule has 2 rings (SSSR count). The second-order valence-electron chi connectivity index (χ2n) is 2.59. The molecule has 1 aromatic heterocycles. The van der Waals surface area contributed by atoms with E-state index in [1.807, 2.05) is 18.2 Å². The van der Waals surface area contributed by atoms with E-state index >= 15 is 0 Å². The standard InChI is InChI=1S/C9H7BrN2OS/c1-13-8-4-6(10)2-3-7(8)9-12-11-5-14-9/h2-5H,1H3. The zero-order valence-electron chi connectivity index (χ0n) is 7.40. The molecule has 5 heteroatoms. The first-order valence-electron chi connectivity index (χ1n) is 3.91. The van der Waals surface area contributed by atoms with Crippen molar-refractivity contribution in [3.63, 3.8) is 0 Å². The van der Waals surface area contributed by atoms with E-state index in [4.69, 9.17) is 4.74 Å². The van der Waals surface area contributed by atoms with Gasteiger partial charge in [-0.1, -0.05) is 27.3 Å². The van der Waals surface area contributed by atoms with Gasteiger partial charge in [0.05, 0.1) is 12.7 Å². The van der Waals surface area contributed by atoms with Crippen LogP contribution in [0.2, 0.25) is 0 Å².